The predicted molar refractivity (Wildman–Crippen MR) is 103 cm³/mol. The van der Waals surface area contributed by atoms with Crippen molar-refractivity contribution < 1.29 is 34.5 Å². The molecule has 0 aliphatic heterocycles. The highest BCUT2D eigenvalue weighted by molar-refractivity contribution is 5.94. The Bertz CT molecular complexity index is 558. The SMILES string of the molecule is CC(C)C(NC(=O)C(CO)NC(=O)C(CCCCN)NC(=O)C(N)CO)C(=O)O. The maximum Gasteiger partial charge on any atom is 0.326 e. The zero-order valence-corrected chi connectivity index (χ0v) is 16.8. The van der Waals surface area contributed by atoms with Crippen molar-refractivity contribution >= 4 is 23.7 Å². The van der Waals surface area contributed by atoms with Crippen LogP contribution >= 0.6 is 0 Å². The second-order valence-corrected chi connectivity index (χ2v) is 6.95. The number of hydrogen-bond acceptors (Lipinski definition) is 8. The minimum absolute atomic E-state index is 0.191. The number of hydrogen-bond donors (Lipinski definition) is 8. The summed E-state index contributed by atoms with van der Waals surface area (Å²) in [5, 5.41) is 34.5. The van der Waals surface area contributed by atoms with Crippen molar-refractivity contribution in [2.75, 3.05) is 19.8 Å². The van der Waals surface area contributed by atoms with Gasteiger partial charge in [-0.15, -0.1) is 0 Å². The van der Waals surface area contributed by atoms with Gasteiger partial charge in [0.1, 0.15) is 24.2 Å². The summed E-state index contributed by atoms with van der Waals surface area (Å²) in [7, 11) is 0. The molecule has 0 fully saturated rings. The van der Waals surface area contributed by atoms with Crippen LogP contribution in [0.5, 0.6) is 0 Å². The van der Waals surface area contributed by atoms with Gasteiger partial charge in [-0.1, -0.05) is 13.8 Å². The van der Waals surface area contributed by atoms with Crippen molar-refractivity contribution in [2.45, 2.75) is 57.3 Å². The summed E-state index contributed by atoms with van der Waals surface area (Å²) in [4.78, 5) is 48.0. The lowest BCUT2D eigenvalue weighted by Gasteiger charge is -2.25. The molecule has 0 spiro atoms. The van der Waals surface area contributed by atoms with E-state index >= 15 is 0 Å². The Morgan fingerprint density at radius 1 is 0.862 bits per heavy atom. The van der Waals surface area contributed by atoms with E-state index in [1.165, 1.54) is 0 Å². The molecule has 0 aromatic rings. The molecule has 0 aromatic carbocycles. The van der Waals surface area contributed by atoms with Crippen LogP contribution in [0.1, 0.15) is 33.1 Å². The molecular formula is C17H33N5O7. The van der Waals surface area contributed by atoms with Gasteiger partial charge in [-0.25, -0.2) is 4.79 Å². The average molecular weight is 419 g/mol. The zero-order chi connectivity index (χ0) is 22.6. The third-order valence-electron chi connectivity index (χ3n) is 4.16. The third-order valence-corrected chi connectivity index (χ3v) is 4.16. The maximum atomic E-state index is 12.5. The van der Waals surface area contributed by atoms with E-state index < -0.39 is 67.0 Å². The number of unbranched alkanes of at least 4 members (excludes halogenated alkanes) is 1. The third kappa shape index (κ3) is 9.65. The van der Waals surface area contributed by atoms with Crippen molar-refractivity contribution in [3.8, 4) is 0 Å². The second-order valence-electron chi connectivity index (χ2n) is 6.95. The zero-order valence-electron chi connectivity index (χ0n) is 16.8. The predicted octanol–water partition coefficient (Wildman–Crippen LogP) is -3.38. The molecule has 3 amide bonds. The number of aliphatic carboxylic acids is 1. The van der Waals surface area contributed by atoms with Crippen molar-refractivity contribution in [3.63, 3.8) is 0 Å². The van der Waals surface area contributed by atoms with E-state index in [0.717, 1.165) is 0 Å². The second kappa shape index (κ2) is 13.8. The molecule has 12 nitrogen and oxygen atoms in total. The monoisotopic (exact) mass is 419 g/mol. The number of aliphatic hydroxyl groups excluding tert-OH is 2. The number of carbonyl (C=O) groups is 4. The molecule has 4 unspecified atom stereocenters. The Kier molecular flexibility index (Phi) is 12.7. The highest BCUT2D eigenvalue weighted by atomic mass is 16.4. The lowest BCUT2D eigenvalue weighted by atomic mass is 10.0. The average Bonchev–Trinajstić information content (AvgIpc) is 2.67. The number of amides is 3. The van der Waals surface area contributed by atoms with Crippen LogP contribution in [0.3, 0.4) is 0 Å². The lowest BCUT2D eigenvalue weighted by molar-refractivity contribution is -0.143. The van der Waals surface area contributed by atoms with E-state index in [1.54, 1.807) is 13.8 Å². The largest absolute Gasteiger partial charge is 0.480 e. The quantitative estimate of drug-likeness (QED) is 0.131. The highest BCUT2D eigenvalue weighted by Gasteiger charge is 2.30. The fourth-order valence-corrected chi connectivity index (χ4v) is 2.36. The summed E-state index contributed by atoms with van der Waals surface area (Å²) in [6.07, 6.45) is 1.27. The Morgan fingerprint density at radius 3 is 1.86 bits per heavy atom. The van der Waals surface area contributed by atoms with Crippen molar-refractivity contribution in [1.29, 1.82) is 0 Å². The summed E-state index contributed by atoms with van der Waals surface area (Å²) < 4.78 is 0. The molecule has 168 valence electrons. The number of rotatable bonds is 14. The molecule has 10 N–H and O–H groups in total. The molecule has 0 rings (SSSR count). The molecule has 12 heteroatoms. The van der Waals surface area contributed by atoms with E-state index in [-0.39, 0.29) is 6.42 Å². The van der Waals surface area contributed by atoms with Gasteiger partial charge in [-0.05, 0) is 31.7 Å². The van der Waals surface area contributed by atoms with Crippen LogP contribution in [-0.2, 0) is 19.2 Å². The number of carbonyl (C=O) groups excluding carboxylic acids is 3. The van der Waals surface area contributed by atoms with E-state index in [1.807, 2.05) is 0 Å². The molecule has 0 radical (unpaired) electrons. The summed E-state index contributed by atoms with van der Waals surface area (Å²) in [5.41, 5.74) is 10.9. The van der Waals surface area contributed by atoms with Crippen LogP contribution in [0.15, 0.2) is 0 Å². The van der Waals surface area contributed by atoms with Gasteiger partial charge >= 0.3 is 5.97 Å². The molecule has 29 heavy (non-hydrogen) atoms. The van der Waals surface area contributed by atoms with E-state index in [2.05, 4.69) is 16.0 Å². The smallest absolute Gasteiger partial charge is 0.326 e. The first-order valence-corrected chi connectivity index (χ1v) is 9.40. The fourth-order valence-electron chi connectivity index (χ4n) is 2.36. The highest BCUT2D eigenvalue weighted by Crippen LogP contribution is 2.04. The fraction of sp³-hybridized carbons (Fsp3) is 0.765. The molecular weight excluding hydrogens is 386 g/mol. The number of carboxylic acid groups (broad SMARTS) is 1. The van der Waals surface area contributed by atoms with Gasteiger partial charge in [0.05, 0.1) is 13.2 Å². The van der Waals surface area contributed by atoms with Crippen molar-refractivity contribution in [2.24, 2.45) is 17.4 Å². The van der Waals surface area contributed by atoms with Crippen molar-refractivity contribution in [1.82, 2.24) is 16.0 Å². The van der Waals surface area contributed by atoms with Crippen LogP contribution in [0.4, 0.5) is 0 Å². The Balaban J connectivity index is 5.16. The first kappa shape index (κ1) is 26.7. The maximum absolute atomic E-state index is 12.5. The van der Waals surface area contributed by atoms with Crippen LogP contribution in [0.25, 0.3) is 0 Å². The Hall–Kier alpha value is -2.28. The molecule has 0 heterocycles. The molecule has 0 saturated heterocycles. The van der Waals surface area contributed by atoms with Gasteiger partial charge < -0.3 is 42.7 Å². The molecule has 0 aromatic heterocycles. The minimum atomic E-state index is -1.41. The van der Waals surface area contributed by atoms with Gasteiger partial charge in [0, 0.05) is 0 Å². The van der Waals surface area contributed by atoms with Crippen LogP contribution < -0.4 is 27.4 Å². The standard InChI is InChI=1S/C17H33N5O7/c1-9(2)13(17(28)29)22-16(27)12(8-24)21-15(26)11(5-3-4-6-18)20-14(25)10(19)7-23/h9-13,23-24H,3-8,18-19H2,1-2H3,(H,20,25)(H,21,26)(H,22,27)(H,28,29). The van der Waals surface area contributed by atoms with Gasteiger partial charge in [-0.3, -0.25) is 14.4 Å². The first-order valence-electron chi connectivity index (χ1n) is 9.40. The number of nitrogens with two attached hydrogens (primary N) is 2. The van der Waals surface area contributed by atoms with Gasteiger partial charge in [-0.2, -0.15) is 0 Å². The topological polar surface area (TPSA) is 217 Å². The van der Waals surface area contributed by atoms with Crippen LogP contribution in [0.2, 0.25) is 0 Å². The lowest BCUT2D eigenvalue weighted by Crippen LogP contribution is -2.58. The molecule has 4 atom stereocenters. The van der Waals surface area contributed by atoms with E-state index in [9.17, 15) is 24.3 Å². The van der Waals surface area contributed by atoms with Gasteiger partial charge in [0.25, 0.3) is 0 Å². The van der Waals surface area contributed by atoms with E-state index in [0.29, 0.717) is 19.4 Å². The van der Waals surface area contributed by atoms with Gasteiger partial charge in [0.2, 0.25) is 17.7 Å². The number of nitrogens with one attached hydrogen (secondary N) is 3. The normalized spacial score (nSPS) is 15.1. The summed E-state index contributed by atoms with van der Waals surface area (Å²) >= 11 is 0. The minimum Gasteiger partial charge on any atom is -0.480 e. The molecule has 0 bridgehead atoms. The Labute approximate surface area is 169 Å². The van der Waals surface area contributed by atoms with Gasteiger partial charge in [0.15, 0.2) is 0 Å². The summed E-state index contributed by atoms with van der Waals surface area (Å²) in [6, 6.07) is -4.91. The number of aliphatic hydroxyl groups is 2. The molecule has 0 saturated carbocycles. The summed E-state index contributed by atoms with van der Waals surface area (Å²) in [6.45, 7) is 2.18. The molecule has 0 aliphatic rings. The summed E-state index contributed by atoms with van der Waals surface area (Å²) in [5.74, 6) is -4.06. The Morgan fingerprint density at radius 2 is 1.41 bits per heavy atom. The number of carboxylic acids is 1. The molecule has 0 aliphatic carbocycles. The first-order chi connectivity index (χ1) is 13.6. The van der Waals surface area contributed by atoms with Crippen LogP contribution in [0, 0.1) is 5.92 Å². The van der Waals surface area contributed by atoms with E-state index in [4.69, 9.17) is 21.7 Å². The van der Waals surface area contributed by atoms with Crippen molar-refractivity contribution in [3.05, 3.63) is 0 Å². The van der Waals surface area contributed by atoms with Crippen LogP contribution in [-0.4, -0.2) is 82.9 Å².